The molecule has 140 valence electrons. The third-order valence-electron chi connectivity index (χ3n) is 3.82. The van der Waals surface area contributed by atoms with Crippen molar-refractivity contribution < 1.29 is 19.4 Å². The van der Waals surface area contributed by atoms with Gasteiger partial charge < -0.3 is 14.6 Å². The number of hydrogen-bond donors (Lipinski definition) is 3. The zero-order valence-corrected chi connectivity index (χ0v) is 14.7. The van der Waals surface area contributed by atoms with Crippen LogP contribution in [0.25, 0.3) is 0 Å². The van der Waals surface area contributed by atoms with Crippen molar-refractivity contribution in [1.82, 2.24) is 0 Å². The fraction of sp³-hybridized carbons (Fsp3) is 0.211. The number of aliphatic hydroxyl groups excluding tert-OH is 1. The Kier molecular flexibility index (Phi) is 6.26. The lowest BCUT2D eigenvalue weighted by Gasteiger charge is -2.29. The van der Waals surface area contributed by atoms with Crippen LogP contribution in [0.15, 0.2) is 70.9 Å². The predicted molar refractivity (Wildman–Crippen MR) is 103 cm³/mol. The first-order valence-electron chi connectivity index (χ1n) is 8.34. The number of methoxy groups -OCH3 is 1. The van der Waals surface area contributed by atoms with Crippen molar-refractivity contribution >= 4 is 28.6 Å². The number of aliphatic hydroxyl groups is 1. The van der Waals surface area contributed by atoms with Crippen LogP contribution in [-0.4, -0.2) is 48.4 Å². The third kappa shape index (κ3) is 4.56. The molecule has 3 N–H and O–H groups in total. The number of rotatable bonds is 6. The molecule has 0 saturated carbocycles. The van der Waals surface area contributed by atoms with E-state index in [0.717, 1.165) is 0 Å². The first-order valence-corrected chi connectivity index (χ1v) is 8.34. The molecule has 2 atom stereocenters. The van der Waals surface area contributed by atoms with Crippen LogP contribution < -0.4 is 10.9 Å². The number of nitrogens with zero attached hydrogens (tertiary/aromatic N) is 2. The minimum absolute atomic E-state index is 0.0136. The van der Waals surface area contributed by atoms with E-state index < -0.39 is 24.8 Å². The van der Waals surface area contributed by atoms with E-state index in [1.165, 1.54) is 7.11 Å². The lowest BCUT2D eigenvalue weighted by molar-refractivity contribution is -0.127. The van der Waals surface area contributed by atoms with Crippen molar-refractivity contribution in [2.45, 2.75) is 12.4 Å². The van der Waals surface area contributed by atoms with E-state index in [9.17, 15) is 9.90 Å². The molecule has 1 saturated heterocycles. The van der Waals surface area contributed by atoms with Crippen LogP contribution in [0.2, 0.25) is 0 Å². The van der Waals surface area contributed by atoms with Crippen molar-refractivity contribution in [3.63, 3.8) is 0 Å². The monoisotopic (exact) mass is 368 g/mol. The Morgan fingerprint density at radius 3 is 1.96 bits per heavy atom. The van der Waals surface area contributed by atoms with Gasteiger partial charge >= 0.3 is 0 Å². The van der Waals surface area contributed by atoms with E-state index in [0.29, 0.717) is 11.4 Å². The smallest absolute Gasteiger partial charge is 0.233 e. The third-order valence-corrected chi connectivity index (χ3v) is 3.82. The first-order chi connectivity index (χ1) is 13.2. The SMILES string of the molecule is COC1OC(CO)C(=NNc2ccccc2)C(=O)C1=NNc1ccccc1. The molecule has 0 aliphatic carbocycles. The Morgan fingerprint density at radius 1 is 0.963 bits per heavy atom. The molecule has 2 aromatic carbocycles. The van der Waals surface area contributed by atoms with Crippen molar-refractivity contribution in [2.75, 3.05) is 24.6 Å². The van der Waals surface area contributed by atoms with Gasteiger partial charge in [0.1, 0.15) is 11.8 Å². The summed E-state index contributed by atoms with van der Waals surface area (Å²) in [6.45, 7) is -0.416. The number of carbonyl (C=O) groups is 1. The zero-order valence-electron chi connectivity index (χ0n) is 14.7. The van der Waals surface area contributed by atoms with E-state index >= 15 is 0 Å². The Morgan fingerprint density at radius 2 is 1.48 bits per heavy atom. The average molecular weight is 368 g/mol. The number of nitrogens with one attached hydrogen (secondary N) is 2. The summed E-state index contributed by atoms with van der Waals surface area (Å²) in [5, 5.41) is 17.9. The Hall–Kier alpha value is -3.07. The number of hydrogen-bond acceptors (Lipinski definition) is 8. The van der Waals surface area contributed by atoms with Crippen LogP contribution in [0.1, 0.15) is 0 Å². The highest BCUT2D eigenvalue weighted by molar-refractivity contribution is 6.68. The van der Waals surface area contributed by atoms with Gasteiger partial charge in [-0.1, -0.05) is 36.4 Å². The van der Waals surface area contributed by atoms with E-state index in [-0.39, 0.29) is 11.4 Å². The summed E-state index contributed by atoms with van der Waals surface area (Å²) in [5.41, 5.74) is 7.04. The Labute approximate surface area is 156 Å². The molecule has 0 aromatic heterocycles. The highest BCUT2D eigenvalue weighted by Crippen LogP contribution is 2.16. The first kappa shape index (κ1) is 18.7. The summed E-state index contributed by atoms with van der Waals surface area (Å²) in [4.78, 5) is 12.9. The molecule has 8 nitrogen and oxygen atoms in total. The molecule has 2 aromatic rings. The van der Waals surface area contributed by atoms with Crippen LogP contribution in [0.4, 0.5) is 11.4 Å². The van der Waals surface area contributed by atoms with Crippen LogP contribution in [0.3, 0.4) is 0 Å². The van der Waals surface area contributed by atoms with Gasteiger partial charge in [-0.15, -0.1) is 0 Å². The maximum atomic E-state index is 12.9. The molecule has 27 heavy (non-hydrogen) atoms. The number of carbonyl (C=O) groups excluding carboxylic acids is 1. The molecule has 8 heteroatoms. The minimum atomic E-state index is -1.01. The highest BCUT2D eigenvalue weighted by atomic mass is 16.7. The van der Waals surface area contributed by atoms with Gasteiger partial charge in [-0.3, -0.25) is 15.6 Å². The second-order valence-electron chi connectivity index (χ2n) is 5.65. The van der Waals surface area contributed by atoms with Crippen molar-refractivity contribution in [3.8, 4) is 0 Å². The quantitative estimate of drug-likeness (QED) is 0.672. The maximum absolute atomic E-state index is 12.9. The fourth-order valence-corrected chi connectivity index (χ4v) is 2.46. The van der Waals surface area contributed by atoms with Crippen molar-refractivity contribution in [1.29, 1.82) is 0 Å². The van der Waals surface area contributed by atoms with Gasteiger partial charge in [-0.25, -0.2) is 0 Å². The number of hydrazone groups is 2. The van der Waals surface area contributed by atoms with Gasteiger partial charge in [0.2, 0.25) is 12.1 Å². The number of Topliss-reactive ketones (excluding diaryl/α,β-unsaturated/α-hetero) is 1. The number of ketones is 1. The number of ether oxygens (including phenoxy) is 2. The number of anilines is 2. The molecular weight excluding hydrogens is 348 g/mol. The maximum Gasteiger partial charge on any atom is 0.233 e. The molecule has 2 unspecified atom stereocenters. The normalized spacial score (nSPS) is 22.8. The molecule has 0 radical (unpaired) electrons. The second-order valence-corrected chi connectivity index (χ2v) is 5.65. The van der Waals surface area contributed by atoms with Gasteiger partial charge in [0.25, 0.3) is 0 Å². The summed E-state index contributed by atoms with van der Waals surface area (Å²) >= 11 is 0. The van der Waals surface area contributed by atoms with Crippen LogP contribution >= 0.6 is 0 Å². The van der Waals surface area contributed by atoms with Gasteiger partial charge in [0.15, 0.2) is 5.71 Å². The lowest BCUT2D eigenvalue weighted by atomic mass is 10.0. The molecule has 1 fully saturated rings. The fourth-order valence-electron chi connectivity index (χ4n) is 2.46. The number of benzene rings is 2. The predicted octanol–water partition coefficient (Wildman–Crippen LogP) is 1.86. The lowest BCUT2D eigenvalue weighted by Crippen LogP contribution is -2.52. The van der Waals surface area contributed by atoms with Gasteiger partial charge in [0.05, 0.1) is 18.0 Å². The average Bonchev–Trinajstić information content (AvgIpc) is 2.73. The zero-order chi connectivity index (χ0) is 19.1. The van der Waals surface area contributed by atoms with Crippen molar-refractivity contribution in [3.05, 3.63) is 60.7 Å². The second kappa shape index (κ2) is 9.04. The summed E-state index contributed by atoms with van der Waals surface area (Å²) < 4.78 is 10.8. The highest BCUT2D eigenvalue weighted by Gasteiger charge is 2.40. The molecule has 3 rings (SSSR count). The van der Waals surface area contributed by atoms with Crippen LogP contribution in [-0.2, 0) is 14.3 Å². The molecule has 0 bridgehead atoms. The molecule has 1 aliphatic heterocycles. The molecule has 1 aliphatic rings. The molecule has 1 heterocycles. The number of para-hydroxylation sites is 2. The minimum Gasteiger partial charge on any atom is -0.393 e. The van der Waals surface area contributed by atoms with Gasteiger partial charge in [-0.05, 0) is 24.3 Å². The summed E-state index contributed by atoms with van der Waals surface area (Å²) in [6.07, 6.45) is -1.93. The molecular formula is C19H20N4O4. The van der Waals surface area contributed by atoms with Gasteiger partial charge in [-0.2, -0.15) is 10.2 Å². The molecule has 0 amide bonds. The summed E-state index contributed by atoms with van der Waals surface area (Å²) in [7, 11) is 1.40. The van der Waals surface area contributed by atoms with E-state index in [1.54, 1.807) is 12.1 Å². The van der Waals surface area contributed by atoms with E-state index in [1.807, 2.05) is 48.5 Å². The van der Waals surface area contributed by atoms with Crippen LogP contribution in [0.5, 0.6) is 0 Å². The van der Waals surface area contributed by atoms with Crippen molar-refractivity contribution in [2.24, 2.45) is 10.2 Å². The molecule has 0 spiro atoms. The van der Waals surface area contributed by atoms with Gasteiger partial charge in [0, 0.05) is 7.11 Å². The summed E-state index contributed by atoms with van der Waals surface area (Å²) in [6, 6.07) is 18.3. The Balaban J connectivity index is 1.85. The largest absolute Gasteiger partial charge is 0.393 e. The standard InChI is InChI=1S/C19H20N4O4/c1-26-19-17(23-21-14-10-6-3-7-11-14)18(25)16(15(12-24)27-19)22-20-13-8-4-2-5-9-13/h2-11,15,19-21,24H,12H2,1H3. The Bertz CT molecular complexity index is 757. The topological polar surface area (TPSA) is 105 Å². The summed E-state index contributed by atoms with van der Waals surface area (Å²) in [5.74, 6) is -0.473. The van der Waals surface area contributed by atoms with Crippen LogP contribution in [0, 0.1) is 0 Å². The van der Waals surface area contributed by atoms with E-state index in [4.69, 9.17) is 9.47 Å². The van der Waals surface area contributed by atoms with E-state index in [2.05, 4.69) is 21.1 Å².